The maximum atomic E-state index is 10.5. The average Bonchev–Trinajstić information content (AvgIpc) is 2.38. The molecule has 0 saturated heterocycles. The SMILES string of the molecule is O=CC1=CC=Cc2ccccc2O1. The lowest BCUT2D eigenvalue weighted by Crippen LogP contribution is -1.95. The zero-order chi connectivity index (χ0) is 9.10. The molecule has 0 spiro atoms. The van der Waals surface area contributed by atoms with Crippen LogP contribution >= 0.6 is 0 Å². The molecule has 2 rings (SSSR count). The Morgan fingerprint density at radius 1 is 1.23 bits per heavy atom. The Morgan fingerprint density at radius 2 is 2.08 bits per heavy atom. The van der Waals surface area contributed by atoms with E-state index in [4.69, 9.17) is 4.74 Å². The molecular formula is C11H8O2. The van der Waals surface area contributed by atoms with E-state index in [1.54, 1.807) is 12.2 Å². The van der Waals surface area contributed by atoms with E-state index in [2.05, 4.69) is 0 Å². The third-order valence-electron chi connectivity index (χ3n) is 1.80. The number of benzene rings is 1. The van der Waals surface area contributed by atoms with E-state index in [1.807, 2.05) is 30.3 Å². The number of aldehydes is 1. The summed E-state index contributed by atoms with van der Waals surface area (Å²) in [7, 11) is 0. The summed E-state index contributed by atoms with van der Waals surface area (Å²) in [6.45, 7) is 0. The van der Waals surface area contributed by atoms with Crippen LogP contribution in [0.25, 0.3) is 6.08 Å². The van der Waals surface area contributed by atoms with Crippen molar-refractivity contribution < 1.29 is 9.53 Å². The molecule has 0 bridgehead atoms. The zero-order valence-electron chi connectivity index (χ0n) is 6.94. The summed E-state index contributed by atoms with van der Waals surface area (Å²) >= 11 is 0. The van der Waals surface area contributed by atoms with E-state index < -0.39 is 0 Å². The lowest BCUT2D eigenvalue weighted by molar-refractivity contribution is -0.106. The number of fused-ring (bicyclic) bond motifs is 1. The van der Waals surface area contributed by atoms with Crippen molar-refractivity contribution in [3.05, 3.63) is 47.7 Å². The highest BCUT2D eigenvalue weighted by Gasteiger charge is 2.04. The highest BCUT2D eigenvalue weighted by molar-refractivity contribution is 5.74. The lowest BCUT2D eigenvalue weighted by Gasteiger charge is -2.04. The Hall–Kier alpha value is -1.83. The summed E-state index contributed by atoms with van der Waals surface area (Å²) in [6, 6.07) is 7.58. The van der Waals surface area contributed by atoms with Crippen LogP contribution in [0.4, 0.5) is 0 Å². The van der Waals surface area contributed by atoms with Crippen LogP contribution in [-0.2, 0) is 4.79 Å². The maximum Gasteiger partial charge on any atom is 0.185 e. The van der Waals surface area contributed by atoms with Gasteiger partial charge < -0.3 is 4.74 Å². The van der Waals surface area contributed by atoms with E-state index in [0.29, 0.717) is 12.0 Å². The van der Waals surface area contributed by atoms with Crippen LogP contribution in [0, 0.1) is 0 Å². The fraction of sp³-hybridized carbons (Fsp3) is 0. The van der Waals surface area contributed by atoms with Crippen LogP contribution in [0.3, 0.4) is 0 Å². The minimum Gasteiger partial charge on any atom is -0.453 e. The van der Waals surface area contributed by atoms with Gasteiger partial charge in [-0.15, -0.1) is 0 Å². The van der Waals surface area contributed by atoms with Gasteiger partial charge in [0, 0.05) is 5.56 Å². The van der Waals surface area contributed by atoms with Gasteiger partial charge in [0.2, 0.25) is 0 Å². The molecule has 0 N–H and O–H groups in total. The summed E-state index contributed by atoms with van der Waals surface area (Å²) in [5, 5.41) is 0. The molecule has 0 aromatic heterocycles. The van der Waals surface area contributed by atoms with Gasteiger partial charge in [-0.1, -0.05) is 30.4 Å². The molecule has 0 amide bonds. The molecule has 0 unspecified atom stereocenters. The number of para-hydroxylation sites is 1. The van der Waals surface area contributed by atoms with Gasteiger partial charge in [-0.25, -0.2) is 0 Å². The van der Waals surface area contributed by atoms with Gasteiger partial charge in [-0.2, -0.15) is 0 Å². The second-order valence-electron chi connectivity index (χ2n) is 2.69. The largest absolute Gasteiger partial charge is 0.453 e. The van der Waals surface area contributed by atoms with Crippen LogP contribution in [0.5, 0.6) is 5.75 Å². The molecule has 1 aliphatic heterocycles. The topological polar surface area (TPSA) is 26.3 Å². The van der Waals surface area contributed by atoms with Gasteiger partial charge in [0.1, 0.15) is 5.75 Å². The normalized spacial score (nSPS) is 13.7. The molecular weight excluding hydrogens is 164 g/mol. The van der Waals surface area contributed by atoms with E-state index in [9.17, 15) is 4.79 Å². The lowest BCUT2D eigenvalue weighted by atomic mass is 10.2. The number of allylic oxidation sites excluding steroid dienone is 3. The van der Waals surface area contributed by atoms with E-state index in [0.717, 1.165) is 11.3 Å². The molecule has 1 aromatic carbocycles. The summed E-state index contributed by atoms with van der Waals surface area (Å²) < 4.78 is 5.34. The quantitative estimate of drug-likeness (QED) is 0.607. The zero-order valence-corrected chi connectivity index (χ0v) is 6.94. The molecule has 64 valence electrons. The molecule has 0 aliphatic carbocycles. The monoisotopic (exact) mass is 172 g/mol. The van der Waals surface area contributed by atoms with Gasteiger partial charge in [-0.05, 0) is 12.1 Å². The number of ether oxygens (including phenoxy) is 1. The fourth-order valence-electron chi connectivity index (χ4n) is 1.18. The molecule has 0 saturated carbocycles. The predicted octanol–water partition coefficient (Wildman–Crippen LogP) is 2.17. The van der Waals surface area contributed by atoms with Crippen molar-refractivity contribution in [1.29, 1.82) is 0 Å². The third kappa shape index (κ3) is 1.51. The van der Waals surface area contributed by atoms with Crippen molar-refractivity contribution in [3.8, 4) is 5.75 Å². The number of carbonyl (C=O) groups excluding carboxylic acids is 1. The Morgan fingerprint density at radius 3 is 2.92 bits per heavy atom. The molecule has 0 radical (unpaired) electrons. The van der Waals surface area contributed by atoms with Gasteiger partial charge in [0.15, 0.2) is 12.0 Å². The van der Waals surface area contributed by atoms with E-state index in [-0.39, 0.29) is 0 Å². The number of hydrogen-bond donors (Lipinski definition) is 0. The molecule has 2 nitrogen and oxygen atoms in total. The molecule has 0 fully saturated rings. The van der Waals surface area contributed by atoms with Gasteiger partial charge in [0.25, 0.3) is 0 Å². The maximum absolute atomic E-state index is 10.5. The smallest absolute Gasteiger partial charge is 0.185 e. The number of carbonyl (C=O) groups is 1. The van der Waals surface area contributed by atoms with Gasteiger partial charge in [0.05, 0.1) is 0 Å². The Kier molecular flexibility index (Phi) is 1.96. The molecule has 13 heavy (non-hydrogen) atoms. The first-order valence-electron chi connectivity index (χ1n) is 4.00. The van der Waals surface area contributed by atoms with Crippen molar-refractivity contribution in [3.63, 3.8) is 0 Å². The van der Waals surface area contributed by atoms with Crippen LogP contribution in [0.15, 0.2) is 42.2 Å². The summed E-state index contributed by atoms with van der Waals surface area (Å²) in [4.78, 5) is 10.5. The first kappa shape index (κ1) is 7.80. The van der Waals surface area contributed by atoms with Crippen molar-refractivity contribution in [2.24, 2.45) is 0 Å². The minimum absolute atomic E-state index is 0.334. The predicted molar refractivity (Wildman–Crippen MR) is 50.3 cm³/mol. The number of rotatable bonds is 1. The highest BCUT2D eigenvalue weighted by atomic mass is 16.5. The summed E-state index contributed by atoms with van der Waals surface area (Å²) in [5.41, 5.74) is 0.982. The van der Waals surface area contributed by atoms with Crippen LogP contribution in [0.1, 0.15) is 5.56 Å². The fourth-order valence-corrected chi connectivity index (χ4v) is 1.18. The molecule has 0 atom stereocenters. The molecule has 1 aliphatic rings. The van der Waals surface area contributed by atoms with Crippen LogP contribution < -0.4 is 4.74 Å². The van der Waals surface area contributed by atoms with Gasteiger partial charge >= 0.3 is 0 Å². The van der Waals surface area contributed by atoms with Crippen LogP contribution in [-0.4, -0.2) is 6.29 Å². The molecule has 1 heterocycles. The molecule has 2 heteroatoms. The molecule has 1 aromatic rings. The minimum atomic E-state index is 0.334. The van der Waals surface area contributed by atoms with Crippen molar-refractivity contribution in [1.82, 2.24) is 0 Å². The second-order valence-corrected chi connectivity index (χ2v) is 2.69. The summed E-state index contributed by atoms with van der Waals surface area (Å²) in [6.07, 6.45) is 6.06. The van der Waals surface area contributed by atoms with E-state index in [1.165, 1.54) is 0 Å². The Bertz CT molecular complexity index is 389. The average molecular weight is 172 g/mol. The van der Waals surface area contributed by atoms with Crippen molar-refractivity contribution in [2.45, 2.75) is 0 Å². The number of hydrogen-bond acceptors (Lipinski definition) is 2. The van der Waals surface area contributed by atoms with Gasteiger partial charge in [-0.3, -0.25) is 4.79 Å². The summed E-state index contributed by atoms with van der Waals surface area (Å²) in [5.74, 6) is 1.05. The third-order valence-corrected chi connectivity index (χ3v) is 1.80. The van der Waals surface area contributed by atoms with Crippen LogP contribution in [0.2, 0.25) is 0 Å². The van der Waals surface area contributed by atoms with Crippen molar-refractivity contribution >= 4 is 12.4 Å². The van der Waals surface area contributed by atoms with Crippen molar-refractivity contribution in [2.75, 3.05) is 0 Å². The van der Waals surface area contributed by atoms with E-state index >= 15 is 0 Å². The standard InChI is InChI=1S/C11H8O2/c12-8-10-6-3-5-9-4-1-2-7-11(9)13-10/h1-8H. The second kappa shape index (κ2) is 3.27. The Labute approximate surface area is 76.1 Å². The first-order valence-corrected chi connectivity index (χ1v) is 4.00. The highest BCUT2D eigenvalue weighted by Crippen LogP contribution is 2.23. The first-order chi connectivity index (χ1) is 6.40. The Balaban J connectivity index is 2.45.